The van der Waals surface area contributed by atoms with E-state index in [1.54, 1.807) is 11.8 Å². The van der Waals surface area contributed by atoms with Gasteiger partial charge in [0.25, 0.3) is 0 Å². The van der Waals surface area contributed by atoms with Crippen LogP contribution >= 0.6 is 11.8 Å². The standard InChI is InChI=1S/C17H31N3OS/c1-6-16-9-15(5)20(10-16)8-7-18-14(4)11-22-12-17(21)19-13(2)3/h13,16,18H,4-12H2,1-3H3,(H,19,21). The Kier molecular flexibility index (Phi) is 8.46. The lowest BCUT2D eigenvalue weighted by molar-refractivity contribution is -0.119. The molecule has 0 spiro atoms. The fraction of sp³-hybridized carbons (Fsp3) is 0.706. The monoisotopic (exact) mass is 325 g/mol. The Labute approximate surface area is 139 Å². The van der Waals surface area contributed by atoms with Crippen LogP contribution in [-0.4, -0.2) is 48.0 Å². The highest BCUT2D eigenvalue weighted by Crippen LogP contribution is 2.26. The number of likely N-dealkylation sites (tertiary alicyclic amines) is 1. The van der Waals surface area contributed by atoms with Gasteiger partial charge >= 0.3 is 0 Å². The summed E-state index contributed by atoms with van der Waals surface area (Å²) >= 11 is 1.59. The zero-order valence-electron chi connectivity index (χ0n) is 14.3. The summed E-state index contributed by atoms with van der Waals surface area (Å²) in [6.07, 6.45) is 2.36. The number of carbonyl (C=O) groups is 1. The molecule has 4 nitrogen and oxygen atoms in total. The molecule has 0 aromatic rings. The number of thioether (sulfide) groups is 1. The van der Waals surface area contributed by atoms with Gasteiger partial charge in [-0.3, -0.25) is 4.79 Å². The molecule has 1 aliphatic heterocycles. The van der Waals surface area contributed by atoms with E-state index < -0.39 is 0 Å². The van der Waals surface area contributed by atoms with Gasteiger partial charge in [-0.15, -0.1) is 11.8 Å². The van der Waals surface area contributed by atoms with Crippen molar-refractivity contribution in [2.45, 2.75) is 39.7 Å². The highest BCUT2D eigenvalue weighted by molar-refractivity contribution is 8.00. The van der Waals surface area contributed by atoms with Gasteiger partial charge in [0, 0.05) is 42.8 Å². The Morgan fingerprint density at radius 1 is 1.45 bits per heavy atom. The van der Waals surface area contributed by atoms with Crippen molar-refractivity contribution in [1.29, 1.82) is 0 Å². The van der Waals surface area contributed by atoms with Crippen molar-refractivity contribution in [2.24, 2.45) is 5.92 Å². The Hall–Kier alpha value is -1.10. The van der Waals surface area contributed by atoms with Gasteiger partial charge < -0.3 is 15.5 Å². The summed E-state index contributed by atoms with van der Waals surface area (Å²) < 4.78 is 0. The van der Waals surface area contributed by atoms with Gasteiger partial charge in [0.2, 0.25) is 5.91 Å². The quantitative estimate of drug-likeness (QED) is 0.648. The highest BCUT2D eigenvalue weighted by atomic mass is 32.2. The second-order valence-corrected chi connectivity index (χ2v) is 7.22. The van der Waals surface area contributed by atoms with Crippen molar-refractivity contribution in [1.82, 2.24) is 15.5 Å². The first-order valence-electron chi connectivity index (χ1n) is 8.13. The van der Waals surface area contributed by atoms with Crippen LogP contribution in [-0.2, 0) is 4.79 Å². The minimum Gasteiger partial charge on any atom is -0.386 e. The third-order valence-electron chi connectivity index (χ3n) is 3.74. The predicted octanol–water partition coefficient (Wildman–Crippen LogP) is 2.59. The van der Waals surface area contributed by atoms with Crippen molar-refractivity contribution >= 4 is 17.7 Å². The largest absolute Gasteiger partial charge is 0.386 e. The van der Waals surface area contributed by atoms with Gasteiger partial charge in [0.05, 0.1) is 5.75 Å². The van der Waals surface area contributed by atoms with Gasteiger partial charge in [-0.05, 0) is 26.2 Å². The number of rotatable bonds is 10. The lowest BCUT2D eigenvalue weighted by Crippen LogP contribution is -2.32. The normalized spacial score (nSPS) is 17.9. The topological polar surface area (TPSA) is 44.4 Å². The van der Waals surface area contributed by atoms with Crippen LogP contribution in [0.25, 0.3) is 0 Å². The molecule has 1 atom stereocenters. The van der Waals surface area contributed by atoms with Crippen LogP contribution < -0.4 is 10.6 Å². The molecule has 1 aliphatic rings. The predicted molar refractivity (Wildman–Crippen MR) is 96.9 cm³/mol. The maximum absolute atomic E-state index is 11.5. The molecule has 5 heteroatoms. The van der Waals surface area contributed by atoms with Crippen LogP contribution in [0.1, 0.15) is 33.6 Å². The van der Waals surface area contributed by atoms with E-state index in [-0.39, 0.29) is 11.9 Å². The van der Waals surface area contributed by atoms with Crippen molar-refractivity contribution in [3.05, 3.63) is 24.6 Å². The number of nitrogens with zero attached hydrogens (tertiary/aromatic N) is 1. The lowest BCUT2D eigenvalue weighted by Gasteiger charge is -2.20. The first-order valence-corrected chi connectivity index (χ1v) is 9.29. The summed E-state index contributed by atoms with van der Waals surface area (Å²) in [5.74, 6) is 2.11. The number of carbonyl (C=O) groups excluding carboxylic acids is 1. The van der Waals surface area contributed by atoms with E-state index in [1.807, 2.05) is 13.8 Å². The number of hydrogen-bond donors (Lipinski definition) is 2. The molecule has 1 heterocycles. The first-order chi connectivity index (χ1) is 10.4. The van der Waals surface area contributed by atoms with Gasteiger partial charge in [-0.25, -0.2) is 0 Å². The highest BCUT2D eigenvalue weighted by Gasteiger charge is 2.22. The van der Waals surface area contributed by atoms with E-state index in [0.29, 0.717) is 5.75 Å². The maximum Gasteiger partial charge on any atom is 0.230 e. The number of amides is 1. The summed E-state index contributed by atoms with van der Waals surface area (Å²) in [5, 5.41) is 6.23. The van der Waals surface area contributed by atoms with Crippen molar-refractivity contribution in [3.63, 3.8) is 0 Å². The fourth-order valence-corrected chi connectivity index (χ4v) is 3.26. The molecule has 0 aliphatic carbocycles. The van der Waals surface area contributed by atoms with Crippen LogP contribution in [0.2, 0.25) is 0 Å². The lowest BCUT2D eigenvalue weighted by atomic mass is 10.1. The third kappa shape index (κ3) is 7.25. The SMILES string of the molecule is C=C(CSCC(=O)NC(C)C)NCCN1CC(CC)CC1=C. The van der Waals surface area contributed by atoms with Crippen LogP contribution in [0.15, 0.2) is 24.6 Å². The maximum atomic E-state index is 11.5. The van der Waals surface area contributed by atoms with E-state index in [1.165, 1.54) is 12.1 Å². The summed E-state index contributed by atoms with van der Waals surface area (Å²) in [7, 11) is 0. The number of hydrogen-bond acceptors (Lipinski definition) is 4. The summed E-state index contributed by atoms with van der Waals surface area (Å²) in [6.45, 7) is 17.4. The van der Waals surface area contributed by atoms with Gasteiger partial charge in [0.1, 0.15) is 0 Å². The zero-order chi connectivity index (χ0) is 16.5. The Bertz CT molecular complexity index is 395. The van der Waals surface area contributed by atoms with Crippen molar-refractivity contribution < 1.29 is 4.79 Å². The minimum atomic E-state index is 0.0896. The molecule has 0 aromatic carbocycles. The van der Waals surface area contributed by atoms with Gasteiger partial charge in [0.15, 0.2) is 0 Å². The molecule has 1 amide bonds. The minimum absolute atomic E-state index is 0.0896. The summed E-state index contributed by atoms with van der Waals surface area (Å²) in [6, 6.07) is 0.204. The zero-order valence-corrected chi connectivity index (χ0v) is 15.1. The average Bonchev–Trinajstić information content (AvgIpc) is 2.78. The molecule has 126 valence electrons. The first kappa shape index (κ1) is 18.9. The molecule has 1 fully saturated rings. The molecule has 0 radical (unpaired) electrons. The molecule has 2 N–H and O–H groups in total. The molecular weight excluding hydrogens is 294 g/mol. The van der Waals surface area contributed by atoms with E-state index in [2.05, 4.69) is 35.6 Å². The molecule has 0 bridgehead atoms. The molecule has 0 saturated carbocycles. The van der Waals surface area contributed by atoms with Crippen molar-refractivity contribution in [2.75, 3.05) is 31.1 Å². The molecule has 1 rings (SSSR count). The van der Waals surface area contributed by atoms with Crippen LogP contribution in [0.5, 0.6) is 0 Å². The van der Waals surface area contributed by atoms with E-state index in [4.69, 9.17) is 0 Å². The Balaban J connectivity index is 2.09. The van der Waals surface area contributed by atoms with Gasteiger partial charge in [-0.1, -0.05) is 26.5 Å². The molecule has 0 aromatic heterocycles. The van der Waals surface area contributed by atoms with Crippen LogP contribution in [0, 0.1) is 5.92 Å². The number of allylic oxidation sites excluding steroid dienone is 1. The second kappa shape index (κ2) is 9.82. The average molecular weight is 326 g/mol. The molecule has 22 heavy (non-hydrogen) atoms. The van der Waals surface area contributed by atoms with Crippen LogP contribution in [0.3, 0.4) is 0 Å². The molecule has 1 saturated heterocycles. The third-order valence-corrected chi connectivity index (χ3v) is 4.76. The summed E-state index contributed by atoms with van der Waals surface area (Å²) in [4.78, 5) is 13.9. The number of nitrogens with one attached hydrogen (secondary N) is 2. The smallest absolute Gasteiger partial charge is 0.230 e. The van der Waals surface area contributed by atoms with Crippen molar-refractivity contribution in [3.8, 4) is 0 Å². The molecular formula is C17H31N3OS. The summed E-state index contributed by atoms with van der Waals surface area (Å²) in [5.41, 5.74) is 2.25. The Morgan fingerprint density at radius 3 is 2.77 bits per heavy atom. The van der Waals surface area contributed by atoms with E-state index >= 15 is 0 Å². The fourth-order valence-electron chi connectivity index (χ4n) is 2.54. The van der Waals surface area contributed by atoms with E-state index in [9.17, 15) is 4.79 Å². The van der Waals surface area contributed by atoms with Crippen LogP contribution in [0.4, 0.5) is 0 Å². The Morgan fingerprint density at radius 2 is 2.18 bits per heavy atom. The second-order valence-electron chi connectivity index (χ2n) is 6.24. The van der Waals surface area contributed by atoms with E-state index in [0.717, 1.165) is 43.4 Å². The van der Waals surface area contributed by atoms with Gasteiger partial charge in [-0.2, -0.15) is 0 Å². The molecule has 1 unspecified atom stereocenters.